The minimum atomic E-state index is -4.77. The second kappa shape index (κ2) is 6.54. The lowest BCUT2D eigenvalue weighted by Crippen LogP contribution is -2.53. The number of hydrogen-bond donors (Lipinski definition) is 1. The fourth-order valence-electron chi connectivity index (χ4n) is 3.45. The molecule has 0 bridgehead atoms. The molecule has 1 aromatic heterocycles. The highest BCUT2D eigenvalue weighted by Crippen LogP contribution is 2.53. The Morgan fingerprint density at radius 3 is 2.37 bits per heavy atom. The third-order valence-corrected chi connectivity index (χ3v) is 5.38. The number of nitrogens with one attached hydrogen (secondary N) is 1. The minimum Gasteiger partial charge on any atom is -0.403 e. The van der Waals surface area contributed by atoms with Gasteiger partial charge >= 0.3 is 12.2 Å². The Morgan fingerprint density at radius 1 is 1.11 bits per heavy atom. The van der Waals surface area contributed by atoms with Gasteiger partial charge in [-0.25, -0.2) is 0 Å². The Balaban J connectivity index is 1.48. The van der Waals surface area contributed by atoms with Gasteiger partial charge in [-0.05, 0) is 43.2 Å². The van der Waals surface area contributed by atoms with E-state index < -0.39 is 24.1 Å². The zero-order valence-electron chi connectivity index (χ0n) is 14.5. The average Bonchev–Trinajstić information content (AvgIpc) is 3.23. The van der Waals surface area contributed by atoms with Gasteiger partial charge in [0.1, 0.15) is 0 Å². The Morgan fingerprint density at radius 2 is 1.78 bits per heavy atom. The first kappa shape index (κ1) is 17.8. The third-order valence-electron chi connectivity index (χ3n) is 5.38. The lowest BCUT2D eigenvalue weighted by molar-refractivity contribution is -0.167. The number of anilines is 1. The number of nitrogens with zero attached hydrogens (tertiary/aromatic N) is 3. The fourth-order valence-corrected chi connectivity index (χ4v) is 3.45. The number of amides is 1. The Kier molecular flexibility index (Phi) is 4.32. The predicted molar refractivity (Wildman–Crippen MR) is 90.7 cm³/mol. The van der Waals surface area contributed by atoms with Crippen LogP contribution in [0.1, 0.15) is 25.7 Å². The van der Waals surface area contributed by atoms with Gasteiger partial charge in [0.2, 0.25) is 11.9 Å². The first-order chi connectivity index (χ1) is 12.9. The molecule has 2 aliphatic rings. The number of hydrogen-bond acceptors (Lipinski definition) is 5. The summed E-state index contributed by atoms with van der Waals surface area (Å²) >= 11 is 0. The molecule has 9 heteroatoms. The molecule has 1 saturated heterocycles. The zero-order chi connectivity index (χ0) is 19.1. The van der Waals surface area contributed by atoms with Crippen LogP contribution in [0.2, 0.25) is 0 Å². The molecule has 27 heavy (non-hydrogen) atoms. The molecule has 1 atom stereocenters. The van der Waals surface area contributed by atoms with Crippen molar-refractivity contribution in [2.45, 2.75) is 37.9 Å². The van der Waals surface area contributed by atoms with Gasteiger partial charge in [-0.3, -0.25) is 4.79 Å². The summed E-state index contributed by atoms with van der Waals surface area (Å²) in [6.07, 6.45) is -1.02. The first-order valence-electron chi connectivity index (χ1n) is 8.87. The highest BCUT2D eigenvalue weighted by molar-refractivity contribution is 5.85. The average molecular weight is 380 g/mol. The highest BCUT2D eigenvalue weighted by atomic mass is 19.4. The quantitative estimate of drug-likeness (QED) is 0.879. The van der Waals surface area contributed by atoms with Crippen molar-refractivity contribution in [3.8, 4) is 11.5 Å². The predicted octanol–water partition coefficient (Wildman–Crippen LogP) is 3.48. The van der Waals surface area contributed by atoms with Crippen LogP contribution < -0.4 is 5.32 Å². The fraction of sp³-hybridized carbons (Fsp3) is 0.500. The van der Waals surface area contributed by atoms with Crippen molar-refractivity contribution in [2.75, 3.05) is 18.4 Å². The maximum Gasteiger partial charge on any atom is 0.417 e. The van der Waals surface area contributed by atoms with E-state index in [2.05, 4.69) is 15.5 Å². The monoisotopic (exact) mass is 380 g/mol. The normalized spacial score (nSPS) is 19.7. The van der Waals surface area contributed by atoms with Gasteiger partial charge in [0.15, 0.2) is 0 Å². The van der Waals surface area contributed by atoms with Crippen molar-refractivity contribution >= 4 is 11.9 Å². The van der Waals surface area contributed by atoms with Crippen LogP contribution in [0, 0.1) is 5.41 Å². The molecular weight excluding hydrogens is 361 g/mol. The maximum absolute atomic E-state index is 13.5. The number of alkyl halides is 3. The zero-order valence-corrected chi connectivity index (χ0v) is 14.5. The maximum atomic E-state index is 13.5. The van der Waals surface area contributed by atoms with Gasteiger partial charge < -0.3 is 14.6 Å². The van der Waals surface area contributed by atoms with Crippen molar-refractivity contribution in [3.05, 3.63) is 30.3 Å². The lowest BCUT2D eigenvalue weighted by atomic mass is 9.93. The first-order valence-corrected chi connectivity index (χ1v) is 8.87. The van der Waals surface area contributed by atoms with E-state index in [0.29, 0.717) is 18.7 Å². The van der Waals surface area contributed by atoms with Gasteiger partial charge in [0.05, 0.1) is 0 Å². The van der Waals surface area contributed by atoms with Crippen LogP contribution in [0.5, 0.6) is 0 Å². The Hall–Kier alpha value is -2.58. The van der Waals surface area contributed by atoms with E-state index in [9.17, 15) is 18.0 Å². The van der Waals surface area contributed by atoms with Crippen molar-refractivity contribution in [2.24, 2.45) is 5.41 Å². The van der Waals surface area contributed by atoms with Gasteiger partial charge in [0, 0.05) is 18.7 Å². The summed E-state index contributed by atoms with van der Waals surface area (Å²) in [6, 6.07) is 5.85. The SMILES string of the molecule is O=C([C@@H](Nc1nnc(-c2ccccc2)o1)C(F)(F)F)N1CCC2(CC1)CC2. The number of rotatable bonds is 4. The van der Waals surface area contributed by atoms with Crippen LogP contribution in [0.25, 0.3) is 11.5 Å². The van der Waals surface area contributed by atoms with Crippen LogP contribution in [0.4, 0.5) is 19.2 Å². The van der Waals surface area contributed by atoms with Crippen LogP contribution in [0.15, 0.2) is 34.7 Å². The number of halogens is 3. The molecule has 2 aromatic rings. The van der Waals surface area contributed by atoms with Crippen LogP contribution in [-0.2, 0) is 4.79 Å². The lowest BCUT2D eigenvalue weighted by Gasteiger charge is -2.34. The van der Waals surface area contributed by atoms with Gasteiger partial charge in [-0.15, -0.1) is 5.10 Å². The van der Waals surface area contributed by atoms with E-state index in [-0.39, 0.29) is 11.3 Å². The summed E-state index contributed by atoms with van der Waals surface area (Å²) < 4.78 is 45.8. The summed E-state index contributed by atoms with van der Waals surface area (Å²) in [5.41, 5.74) is 0.855. The third kappa shape index (κ3) is 3.77. The summed E-state index contributed by atoms with van der Waals surface area (Å²) in [4.78, 5) is 13.8. The molecule has 1 amide bonds. The molecule has 1 N–H and O–H groups in total. The van der Waals surface area contributed by atoms with E-state index >= 15 is 0 Å². The summed E-state index contributed by atoms with van der Waals surface area (Å²) in [6.45, 7) is 0.707. The van der Waals surface area contributed by atoms with Gasteiger partial charge in [-0.2, -0.15) is 13.2 Å². The number of aromatic nitrogens is 2. The van der Waals surface area contributed by atoms with E-state index in [1.165, 1.54) is 4.90 Å². The summed E-state index contributed by atoms with van der Waals surface area (Å²) in [5.74, 6) is -0.919. The van der Waals surface area contributed by atoms with Gasteiger partial charge in [-0.1, -0.05) is 23.3 Å². The number of likely N-dealkylation sites (tertiary alicyclic amines) is 1. The smallest absolute Gasteiger partial charge is 0.403 e. The molecule has 144 valence electrons. The molecule has 1 aliphatic carbocycles. The molecule has 1 aliphatic heterocycles. The van der Waals surface area contributed by atoms with Gasteiger partial charge in [0.25, 0.3) is 5.91 Å². The Labute approximate surface area is 153 Å². The molecule has 2 fully saturated rings. The van der Waals surface area contributed by atoms with Crippen LogP contribution >= 0.6 is 0 Å². The number of carbonyl (C=O) groups is 1. The highest BCUT2D eigenvalue weighted by Gasteiger charge is 2.50. The van der Waals surface area contributed by atoms with E-state index in [1.54, 1.807) is 30.3 Å². The van der Waals surface area contributed by atoms with E-state index in [0.717, 1.165) is 25.7 Å². The molecule has 1 aromatic carbocycles. The molecule has 6 nitrogen and oxygen atoms in total. The number of piperidine rings is 1. The van der Waals surface area contributed by atoms with Crippen molar-refractivity contribution < 1.29 is 22.4 Å². The van der Waals surface area contributed by atoms with E-state index in [4.69, 9.17) is 4.42 Å². The molecule has 0 unspecified atom stereocenters. The molecule has 4 rings (SSSR count). The molecule has 1 spiro atoms. The second-order valence-corrected chi connectivity index (χ2v) is 7.22. The minimum absolute atomic E-state index is 0.0834. The van der Waals surface area contributed by atoms with Crippen LogP contribution in [-0.4, -0.2) is 46.3 Å². The van der Waals surface area contributed by atoms with E-state index in [1.807, 2.05) is 0 Å². The van der Waals surface area contributed by atoms with Crippen molar-refractivity contribution in [1.29, 1.82) is 0 Å². The van der Waals surface area contributed by atoms with Crippen LogP contribution in [0.3, 0.4) is 0 Å². The second-order valence-electron chi connectivity index (χ2n) is 7.22. The van der Waals surface area contributed by atoms with Crippen molar-refractivity contribution in [1.82, 2.24) is 15.1 Å². The molecule has 2 heterocycles. The van der Waals surface area contributed by atoms with Crippen molar-refractivity contribution in [3.63, 3.8) is 0 Å². The standard InChI is InChI=1S/C18H19F3N4O2/c19-18(20,21)13(15(26)25-10-8-17(6-7-17)9-11-25)22-16-24-23-14(27-16)12-4-2-1-3-5-12/h1-5,13H,6-11H2,(H,22,24)/t13-/m1/s1. The molecule has 1 saturated carbocycles. The largest absolute Gasteiger partial charge is 0.417 e. The number of carbonyl (C=O) groups excluding carboxylic acids is 1. The topological polar surface area (TPSA) is 71.3 Å². The number of benzene rings is 1. The summed E-state index contributed by atoms with van der Waals surface area (Å²) in [5, 5.41) is 9.44. The molecular formula is C18H19F3N4O2. The molecule has 0 radical (unpaired) electrons. The Bertz CT molecular complexity index is 808. The summed E-state index contributed by atoms with van der Waals surface area (Å²) in [7, 11) is 0.